The molecule has 121 valence electrons. The average molecular weight is 440 g/mol. The van der Waals surface area contributed by atoms with Gasteiger partial charge in [0, 0.05) is 5.71 Å². The SMILES string of the molecule is Cc1ccc(S(=O)(=O)N=C2CCC[I]C2c2ccccc2)cc1. The zero-order valence-corrected chi connectivity index (χ0v) is 15.9. The van der Waals surface area contributed by atoms with Crippen LogP contribution in [0.1, 0.15) is 27.9 Å². The molecule has 1 radical (unpaired) electrons. The Labute approximate surface area is 148 Å². The van der Waals surface area contributed by atoms with Gasteiger partial charge in [0.05, 0.1) is 8.82 Å². The number of nitrogens with zero attached hydrogens (tertiary/aromatic N) is 1. The van der Waals surface area contributed by atoms with Gasteiger partial charge < -0.3 is 0 Å². The Bertz CT molecular complexity index is 799. The molecule has 0 aromatic heterocycles. The van der Waals surface area contributed by atoms with Gasteiger partial charge in [-0.3, -0.25) is 0 Å². The van der Waals surface area contributed by atoms with Gasteiger partial charge >= 0.3 is 0 Å². The first-order valence-corrected chi connectivity index (χ1v) is 11.8. The minimum atomic E-state index is -3.61. The molecule has 0 N–H and O–H groups in total. The van der Waals surface area contributed by atoms with E-state index in [0.717, 1.165) is 24.1 Å². The quantitative estimate of drug-likeness (QED) is 0.516. The maximum atomic E-state index is 12.6. The minimum absolute atomic E-state index is 0.0953. The summed E-state index contributed by atoms with van der Waals surface area (Å²) >= 11 is -0.0953. The molecule has 0 saturated carbocycles. The molecule has 1 atom stereocenters. The fourth-order valence-electron chi connectivity index (χ4n) is 2.56. The number of benzene rings is 2. The Balaban J connectivity index is 1.96. The molecule has 2 aromatic carbocycles. The highest BCUT2D eigenvalue weighted by Gasteiger charge is 2.25. The molecule has 1 heterocycles. The van der Waals surface area contributed by atoms with E-state index in [0.29, 0.717) is 0 Å². The molecule has 23 heavy (non-hydrogen) atoms. The predicted molar refractivity (Wildman–Crippen MR) is 103 cm³/mol. The highest BCUT2D eigenvalue weighted by atomic mass is 127. The van der Waals surface area contributed by atoms with Crippen molar-refractivity contribution in [3.8, 4) is 0 Å². The van der Waals surface area contributed by atoms with Gasteiger partial charge in [0.15, 0.2) is 0 Å². The van der Waals surface area contributed by atoms with Crippen LogP contribution in [0.4, 0.5) is 0 Å². The van der Waals surface area contributed by atoms with E-state index in [-0.39, 0.29) is 30.0 Å². The molecule has 0 amide bonds. The van der Waals surface area contributed by atoms with Gasteiger partial charge in [-0.2, -0.15) is 12.8 Å². The van der Waals surface area contributed by atoms with Crippen molar-refractivity contribution in [2.75, 3.05) is 4.43 Å². The molecule has 1 unspecified atom stereocenters. The van der Waals surface area contributed by atoms with Gasteiger partial charge in [0.1, 0.15) is 0 Å². The number of hydrogen-bond donors (Lipinski definition) is 0. The standard InChI is InChI=1S/C18H19INO2S/c1-14-9-11-16(12-10-14)23(21,22)20-17-8-5-13-19-18(17)15-6-3-2-4-7-15/h2-4,6-7,9-12,18H,5,8,13H2,1H3. The maximum Gasteiger partial charge on any atom is 0.282 e. The summed E-state index contributed by atoms with van der Waals surface area (Å²) in [6.07, 6.45) is 1.84. The summed E-state index contributed by atoms with van der Waals surface area (Å²) in [6, 6.07) is 17.1. The lowest BCUT2D eigenvalue weighted by molar-refractivity contribution is 0.597. The molecule has 0 aliphatic carbocycles. The van der Waals surface area contributed by atoms with Crippen molar-refractivity contribution in [2.24, 2.45) is 4.40 Å². The maximum absolute atomic E-state index is 12.6. The van der Waals surface area contributed by atoms with Gasteiger partial charge in [0.2, 0.25) is 0 Å². The lowest BCUT2D eigenvalue weighted by atomic mass is 10.1. The van der Waals surface area contributed by atoms with E-state index in [2.05, 4.69) is 16.5 Å². The van der Waals surface area contributed by atoms with Gasteiger partial charge in [0.25, 0.3) is 10.0 Å². The van der Waals surface area contributed by atoms with E-state index in [9.17, 15) is 8.42 Å². The van der Waals surface area contributed by atoms with E-state index in [1.165, 1.54) is 9.99 Å². The first-order chi connectivity index (χ1) is 11.1. The van der Waals surface area contributed by atoms with Gasteiger partial charge in [-0.1, -0.05) is 48.0 Å². The van der Waals surface area contributed by atoms with E-state index in [4.69, 9.17) is 0 Å². The second-order valence-corrected chi connectivity index (χ2v) is 10.4. The highest BCUT2D eigenvalue weighted by Crippen LogP contribution is 2.42. The van der Waals surface area contributed by atoms with Crippen molar-refractivity contribution >= 4 is 36.9 Å². The normalized spacial score (nSPS) is 20.6. The Morgan fingerprint density at radius 3 is 2.43 bits per heavy atom. The first kappa shape index (κ1) is 16.6. The van der Waals surface area contributed by atoms with Crippen LogP contribution in [0.15, 0.2) is 63.9 Å². The smallest absolute Gasteiger partial charge is 0.199 e. The monoisotopic (exact) mass is 440 g/mol. The zero-order chi connectivity index (χ0) is 16.3. The van der Waals surface area contributed by atoms with Crippen LogP contribution in [0.25, 0.3) is 0 Å². The predicted octanol–water partition coefficient (Wildman–Crippen LogP) is 4.63. The molecular formula is C18H19INO2S. The molecule has 1 aliphatic heterocycles. The molecule has 2 aromatic rings. The second-order valence-electron chi connectivity index (χ2n) is 5.59. The van der Waals surface area contributed by atoms with E-state index in [1.54, 1.807) is 12.1 Å². The molecule has 1 fully saturated rings. The van der Waals surface area contributed by atoms with Gasteiger partial charge in [-0.15, -0.1) is 21.2 Å². The van der Waals surface area contributed by atoms with Crippen molar-refractivity contribution < 1.29 is 8.42 Å². The van der Waals surface area contributed by atoms with Crippen molar-refractivity contribution in [1.82, 2.24) is 0 Å². The zero-order valence-electron chi connectivity index (χ0n) is 12.9. The van der Waals surface area contributed by atoms with Crippen LogP contribution in [-0.4, -0.2) is 18.6 Å². The summed E-state index contributed by atoms with van der Waals surface area (Å²) in [7, 11) is -3.61. The minimum Gasteiger partial charge on any atom is -0.199 e. The number of aryl methyl sites for hydroxylation is 1. The lowest BCUT2D eigenvalue weighted by Crippen LogP contribution is -2.16. The topological polar surface area (TPSA) is 46.5 Å². The fourth-order valence-corrected chi connectivity index (χ4v) is 7.17. The third-order valence-corrected chi connectivity index (χ3v) is 8.82. The summed E-state index contributed by atoms with van der Waals surface area (Å²) in [6.45, 7) is 1.94. The first-order valence-electron chi connectivity index (χ1n) is 7.59. The van der Waals surface area contributed by atoms with Crippen molar-refractivity contribution in [3.63, 3.8) is 0 Å². The number of halogens is 1. The molecular weight excluding hydrogens is 421 g/mol. The fraction of sp³-hybridized carbons (Fsp3) is 0.278. The van der Waals surface area contributed by atoms with Crippen LogP contribution in [0.5, 0.6) is 0 Å². The summed E-state index contributed by atoms with van der Waals surface area (Å²) in [5.41, 5.74) is 3.09. The van der Waals surface area contributed by atoms with Crippen LogP contribution in [0.2, 0.25) is 0 Å². The molecule has 3 nitrogen and oxygen atoms in total. The Morgan fingerprint density at radius 1 is 1.04 bits per heavy atom. The number of rotatable bonds is 3. The van der Waals surface area contributed by atoms with E-state index in [1.807, 2.05) is 37.3 Å². The van der Waals surface area contributed by atoms with Crippen LogP contribution in [-0.2, 0) is 10.0 Å². The van der Waals surface area contributed by atoms with Crippen molar-refractivity contribution in [2.45, 2.75) is 28.6 Å². The number of hydrogen-bond acceptors (Lipinski definition) is 2. The summed E-state index contributed by atoms with van der Waals surface area (Å²) in [5.74, 6) is 0. The Hall–Kier alpha value is -1.21. The summed E-state index contributed by atoms with van der Waals surface area (Å²) < 4.78 is 30.9. The molecule has 3 rings (SSSR count). The third-order valence-electron chi connectivity index (χ3n) is 3.77. The Morgan fingerprint density at radius 2 is 1.74 bits per heavy atom. The lowest BCUT2D eigenvalue weighted by Gasteiger charge is -2.24. The van der Waals surface area contributed by atoms with E-state index < -0.39 is 10.0 Å². The van der Waals surface area contributed by atoms with Crippen LogP contribution >= 0.6 is 21.2 Å². The largest absolute Gasteiger partial charge is 0.282 e. The Kier molecular flexibility index (Phi) is 5.16. The molecule has 1 aliphatic rings. The average Bonchev–Trinajstić information content (AvgIpc) is 2.56. The van der Waals surface area contributed by atoms with Crippen LogP contribution < -0.4 is 0 Å². The van der Waals surface area contributed by atoms with Gasteiger partial charge in [-0.05, 0) is 41.9 Å². The van der Waals surface area contributed by atoms with E-state index >= 15 is 0 Å². The van der Waals surface area contributed by atoms with Crippen molar-refractivity contribution in [3.05, 3.63) is 65.7 Å². The molecule has 1 saturated heterocycles. The molecule has 0 spiro atoms. The second kappa shape index (κ2) is 7.13. The number of alkyl halides is 2. The van der Waals surface area contributed by atoms with Crippen molar-refractivity contribution in [1.29, 1.82) is 0 Å². The third kappa shape index (κ3) is 4.01. The molecule has 5 heteroatoms. The van der Waals surface area contributed by atoms with Gasteiger partial charge in [-0.25, -0.2) is 0 Å². The van der Waals surface area contributed by atoms with Crippen LogP contribution in [0, 0.1) is 6.92 Å². The number of sulfonamides is 1. The van der Waals surface area contributed by atoms with Crippen LogP contribution in [0.3, 0.4) is 0 Å². The molecule has 0 bridgehead atoms. The highest BCUT2D eigenvalue weighted by molar-refractivity contribution is 14.2. The summed E-state index contributed by atoms with van der Waals surface area (Å²) in [4.78, 5) is 0.284. The summed E-state index contributed by atoms with van der Waals surface area (Å²) in [5, 5.41) is 0.